The normalized spacial score (nSPS) is 11.9. The van der Waals surface area contributed by atoms with Crippen molar-refractivity contribution in [3.8, 4) is 17.1 Å². The van der Waals surface area contributed by atoms with E-state index in [1.54, 1.807) is 24.5 Å². The van der Waals surface area contributed by atoms with Crippen LogP contribution in [0.15, 0.2) is 36.7 Å². The van der Waals surface area contributed by atoms with Crippen LogP contribution in [0.5, 0.6) is 5.75 Å². The molecule has 2 rings (SSSR count). The summed E-state index contributed by atoms with van der Waals surface area (Å²) in [6, 6.07) is 7.27. The van der Waals surface area contributed by atoms with Gasteiger partial charge >= 0.3 is 0 Å². The Morgan fingerprint density at radius 3 is 2.52 bits per heavy atom. The maximum atomic E-state index is 10.1. The third-order valence-corrected chi connectivity index (χ3v) is 3.57. The molecule has 5 nitrogen and oxygen atoms in total. The number of phenols is 1. The fourth-order valence-electron chi connectivity index (χ4n) is 2.76. The van der Waals surface area contributed by atoms with Crippen molar-refractivity contribution in [2.24, 2.45) is 5.41 Å². The largest absolute Gasteiger partial charge is 0.508 e. The highest BCUT2D eigenvalue weighted by Gasteiger charge is 2.18. The molecule has 1 aromatic carbocycles. The highest BCUT2D eigenvalue weighted by molar-refractivity contribution is 5.58. The van der Waals surface area contributed by atoms with Crippen LogP contribution in [-0.2, 0) is 6.54 Å². The van der Waals surface area contributed by atoms with Gasteiger partial charge in [-0.05, 0) is 43.8 Å². The summed E-state index contributed by atoms with van der Waals surface area (Å²) in [5.74, 6) is 0.962. The standard InChI is InChI=1S/C18H26N4O/c1-18(2,13-22(3)4)12-19-11-15-10-14(6-7-16(15)23)17-20-8-5-9-21-17/h5-10,19,23H,11-13H2,1-4H3. The van der Waals surface area contributed by atoms with Crippen LogP contribution < -0.4 is 5.32 Å². The summed E-state index contributed by atoms with van der Waals surface area (Å²) in [6.45, 7) is 6.95. The maximum Gasteiger partial charge on any atom is 0.159 e. The van der Waals surface area contributed by atoms with Gasteiger partial charge < -0.3 is 15.3 Å². The second-order valence-electron chi connectivity index (χ2n) is 6.92. The van der Waals surface area contributed by atoms with Gasteiger partial charge in [0.05, 0.1) is 0 Å². The van der Waals surface area contributed by atoms with E-state index >= 15 is 0 Å². The molecule has 0 amide bonds. The minimum atomic E-state index is 0.166. The third kappa shape index (κ3) is 5.30. The zero-order valence-corrected chi connectivity index (χ0v) is 14.4. The second kappa shape index (κ2) is 7.53. The molecule has 124 valence electrons. The lowest BCUT2D eigenvalue weighted by Crippen LogP contribution is -2.37. The van der Waals surface area contributed by atoms with E-state index in [-0.39, 0.29) is 5.41 Å². The van der Waals surface area contributed by atoms with E-state index in [1.165, 1.54) is 0 Å². The monoisotopic (exact) mass is 314 g/mol. The highest BCUT2D eigenvalue weighted by Crippen LogP contribution is 2.24. The van der Waals surface area contributed by atoms with Crippen molar-refractivity contribution >= 4 is 0 Å². The molecule has 23 heavy (non-hydrogen) atoms. The Balaban J connectivity index is 2.03. The molecule has 5 heteroatoms. The first-order valence-corrected chi connectivity index (χ1v) is 7.82. The number of hydrogen-bond acceptors (Lipinski definition) is 5. The minimum Gasteiger partial charge on any atom is -0.508 e. The summed E-state index contributed by atoms with van der Waals surface area (Å²) < 4.78 is 0. The van der Waals surface area contributed by atoms with Crippen LogP contribution in [0.4, 0.5) is 0 Å². The lowest BCUT2D eigenvalue weighted by atomic mass is 9.93. The number of phenolic OH excluding ortho intramolecular Hbond substituents is 1. The van der Waals surface area contributed by atoms with Crippen molar-refractivity contribution in [2.45, 2.75) is 20.4 Å². The lowest BCUT2D eigenvalue weighted by Gasteiger charge is -2.28. The maximum absolute atomic E-state index is 10.1. The lowest BCUT2D eigenvalue weighted by molar-refractivity contribution is 0.232. The molecular weight excluding hydrogens is 288 g/mol. The molecule has 2 aromatic rings. The van der Waals surface area contributed by atoms with Crippen LogP contribution in [-0.4, -0.2) is 47.2 Å². The summed E-state index contributed by atoms with van der Waals surface area (Å²) in [6.07, 6.45) is 3.44. The number of rotatable bonds is 7. The van der Waals surface area contributed by atoms with Gasteiger partial charge in [-0.2, -0.15) is 0 Å². The molecule has 0 unspecified atom stereocenters. The number of aromatic nitrogens is 2. The zero-order chi connectivity index (χ0) is 16.9. The molecular formula is C18H26N4O. The Bertz CT molecular complexity index is 626. The average Bonchev–Trinajstić information content (AvgIpc) is 2.48. The molecule has 2 N–H and O–H groups in total. The van der Waals surface area contributed by atoms with Gasteiger partial charge in [-0.25, -0.2) is 9.97 Å². The van der Waals surface area contributed by atoms with Gasteiger partial charge in [0.15, 0.2) is 5.82 Å². The van der Waals surface area contributed by atoms with Gasteiger partial charge in [-0.3, -0.25) is 0 Å². The van der Waals surface area contributed by atoms with Crippen LogP contribution in [0.2, 0.25) is 0 Å². The zero-order valence-electron chi connectivity index (χ0n) is 14.4. The molecule has 0 atom stereocenters. The smallest absolute Gasteiger partial charge is 0.159 e. The van der Waals surface area contributed by atoms with Crippen LogP contribution in [0, 0.1) is 5.41 Å². The van der Waals surface area contributed by atoms with E-state index in [9.17, 15) is 5.11 Å². The van der Waals surface area contributed by atoms with Crippen LogP contribution >= 0.6 is 0 Å². The number of nitrogens with zero attached hydrogens (tertiary/aromatic N) is 3. The van der Waals surface area contributed by atoms with Gasteiger partial charge in [-0.15, -0.1) is 0 Å². The first-order chi connectivity index (χ1) is 10.9. The molecule has 1 heterocycles. The predicted molar refractivity (Wildman–Crippen MR) is 93.2 cm³/mol. The van der Waals surface area contributed by atoms with Crippen molar-refractivity contribution in [3.05, 3.63) is 42.2 Å². The van der Waals surface area contributed by atoms with Crippen molar-refractivity contribution in [1.82, 2.24) is 20.2 Å². The molecule has 0 radical (unpaired) electrons. The van der Waals surface area contributed by atoms with Crippen molar-refractivity contribution in [2.75, 3.05) is 27.2 Å². The van der Waals surface area contributed by atoms with Gasteiger partial charge in [0.2, 0.25) is 0 Å². The molecule has 1 aromatic heterocycles. The Labute approximate surface area is 138 Å². The van der Waals surface area contributed by atoms with Crippen LogP contribution in [0.1, 0.15) is 19.4 Å². The number of aromatic hydroxyl groups is 1. The van der Waals surface area contributed by atoms with E-state index in [4.69, 9.17) is 0 Å². The highest BCUT2D eigenvalue weighted by atomic mass is 16.3. The quantitative estimate of drug-likeness (QED) is 0.822. The van der Waals surface area contributed by atoms with Gasteiger partial charge in [0.1, 0.15) is 5.75 Å². The second-order valence-corrected chi connectivity index (χ2v) is 6.92. The van der Waals surface area contributed by atoms with E-state index < -0.39 is 0 Å². The Morgan fingerprint density at radius 1 is 1.17 bits per heavy atom. The summed E-state index contributed by atoms with van der Waals surface area (Å²) in [4.78, 5) is 10.7. The van der Waals surface area contributed by atoms with Crippen molar-refractivity contribution in [1.29, 1.82) is 0 Å². The Kier molecular flexibility index (Phi) is 5.69. The first-order valence-electron chi connectivity index (χ1n) is 7.82. The van der Waals surface area contributed by atoms with Gasteiger partial charge in [0, 0.05) is 43.2 Å². The molecule has 0 aliphatic rings. The predicted octanol–water partition coefficient (Wildman–Crippen LogP) is 2.53. The molecule has 0 fully saturated rings. The molecule has 0 aliphatic heterocycles. The van der Waals surface area contributed by atoms with Gasteiger partial charge in [-0.1, -0.05) is 13.8 Å². The van der Waals surface area contributed by atoms with E-state index in [2.05, 4.69) is 48.1 Å². The summed E-state index contributed by atoms with van der Waals surface area (Å²) in [5, 5.41) is 13.5. The van der Waals surface area contributed by atoms with Crippen LogP contribution in [0.25, 0.3) is 11.4 Å². The molecule has 0 aliphatic carbocycles. The van der Waals surface area contributed by atoms with E-state index in [0.29, 0.717) is 18.1 Å². The molecule has 0 spiro atoms. The molecule has 0 saturated heterocycles. The summed E-state index contributed by atoms with van der Waals surface area (Å²) in [5.41, 5.74) is 1.93. The fraction of sp³-hybridized carbons (Fsp3) is 0.444. The summed E-state index contributed by atoms with van der Waals surface area (Å²) >= 11 is 0. The third-order valence-electron chi connectivity index (χ3n) is 3.57. The Morgan fingerprint density at radius 2 is 1.87 bits per heavy atom. The van der Waals surface area contributed by atoms with E-state index in [0.717, 1.165) is 24.2 Å². The number of benzene rings is 1. The van der Waals surface area contributed by atoms with Crippen LogP contribution in [0.3, 0.4) is 0 Å². The van der Waals surface area contributed by atoms with Crippen molar-refractivity contribution < 1.29 is 5.11 Å². The fourth-order valence-corrected chi connectivity index (χ4v) is 2.76. The Hall–Kier alpha value is -1.98. The van der Waals surface area contributed by atoms with Gasteiger partial charge in [0.25, 0.3) is 0 Å². The first kappa shape index (κ1) is 17.4. The number of nitrogens with one attached hydrogen (secondary N) is 1. The minimum absolute atomic E-state index is 0.166. The average molecular weight is 314 g/mol. The SMILES string of the molecule is CN(C)CC(C)(C)CNCc1cc(-c2ncccn2)ccc1O. The molecule has 0 bridgehead atoms. The topological polar surface area (TPSA) is 61.3 Å². The summed E-state index contributed by atoms with van der Waals surface area (Å²) in [7, 11) is 4.16. The number of hydrogen-bond donors (Lipinski definition) is 2. The van der Waals surface area contributed by atoms with E-state index in [1.807, 2.05) is 12.1 Å². The molecule has 0 saturated carbocycles. The van der Waals surface area contributed by atoms with Crippen molar-refractivity contribution in [3.63, 3.8) is 0 Å².